The third-order valence-electron chi connectivity index (χ3n) is 3.80. The summed E-state index contributed by atoms with van der Waals surface area (Å²) in [5.41, 5.74) is 0.337. The van der Waals surface area contributed by atoms with E-state index in [1.165, 1.54) is 25.9 Å². The number of rotatable bonds is 2. The van der Waals surface area contributed by atoms with Crippen LogP contribution in [0.15, 0.2) is 0 Å². The average molecular weight is 338 g/mol. The molecule has 0 radical (unpaired) electrons. The van der Waals surface area contributed by atoms with Crippen LogP contribution < -0.4 is 0 Å². The van der Waals surface area contributed by atoms with Crippen molar-refractivity contribution in [3.05, 3.63) is 0 Å². The van der Waals surface area contributed by atoms with Crippen molar-refractivity contribution in [2.24, 2.45) is 0 Å². The third-order valence-corrected chi connectivity index (χ3v) is 4.56. The topological polar surface area (TPSA) is 6.48 Å². The molecule has 0 aromatic heterocycles. The van der Waals surface area contributed by atoms with Crippen LogP contribution in [0.5, 0.6) is 0 Å². The Balaban J connectivity index is 2.50. The molecule has 0 atom stereocenters. The predicted molar refractivity (Wildman–Crippen MR) is 80.2 cm³/mol. The van der Waals surface area contributed by atoms with Gasteiger partial charge in [-0.2, -0.15) is 0 Å². The molecule has 0 saturated carbocycles. The Morgan fingerprint density at radius 2 is 1.50 bits per heavy atom. The van der Waals surface area contributed by atoms with Crippen LogP contribution in [0.4, 0.5) is 0 Å². The van der Waals surface area contributed by atoms with Crippen LogP contribution in [0.25, 0.3) is 0 Å². The molecule has 1 rings (SSSR count). The summed E-state index contributed by atoms with van der Waals surface area (Å²) >= 11 is 2.54. The Morgan fingerprint density at radius 1 is 1.06 bits per heavy atom. The lowest BCUT2D eigenvalue weighted by molar-refractivity contribution is 0.0531. The first-order valence-electron chi connectivity index (χ1n) is 6.29. The Kier molecular flexibility index (Phi) is 4.69. The summed E-state index contributed by atoms with van der Waals surface area (Å²) in [6.07, 6.45) is 2.61. The molecule has 1 aliphatic heterocycles. The molecule has 0 amide bonds. The number of nitrogens with zero attached hydrogens (tertiary/aromatic N) is 2. The van der Waals surface area contributed by atoms with Gasteiger partial charge in [0.1, 0.15) is 0 Å². The summed E-state index contributed by atoms with van der Waals surface area (Å²) in [6.45, 7) is 14.0. The molecule has 0 unspecified atom stereocenters. The van der Waals surface area contributed by atoms with Crippen molar-refractivity contribution < 1.29 is 0 Å². The highest BCUT2D eigenvalue weighted by atomic mass is 127. The summed E-state index contributed by atoms with van der Waals surface area (Å²) in [4.78, 5) is 5.14. The molecular weight excluding hydrogens is 311 g/mol. The highest BCUT2D eigenvalue weighted by Crippen LogP contribution is 2.29. The lowest BCUT2D eigenvalue weighted by Crippen LogP contribution is -2.53. The van der Waals surface area contributed by atoms with Gasteiger partial charge in [-0.05, 0) is 54.5 Å². The summed E-state index contributed by atoms with van der Waals surface area (Å²) in [6, 6.07) is 0.755. The van der Waals surface area contributed by atoms with E-state index >= 15 is 0 Å². The second-order valence-corrected chi connectivity index (χ2v) is 9.05. The molecule has 1 saturated heterocycles. The van der Waals surface area contributed by atoms with E-state index in [-0.39, 0.29) is 3.55 Å². The summed E-state index contributed by atoms with van der Waals surface area (Å²) in [7, 11) is 2.27. The van der Waals surface area contributed by atoms with Gasteiger partial charge in [-0.1, -0.05) is 22.6 Å². The standard InChI is InChI=1S/C13H27IN2/c1-12(2,3)16-9-7-11(8-10-16)15(6)13(4,5)14/h11H,7-10H2,1-6H3. The maximum absolute atomic E-state index is 2.61. The number of alkyl halides is 1. The first-order valence-corrected chi connectivity index (χ1v) is 7.37. The largest absolute Gasteiger partial charge is 0.298 e. The molecule has 1 aliphatic rings. The van der Waals surface area contributed by atoms with E-state index in [0.717, 1.165) is 6.04 Å². The normalized spacial score (nSPS) is 21.8. The average Bonchev–Trinajstić information content (AvgIpc) is 2.14. The zero-order valence-corrected chi connectivity index (χ0v) is 13.8. The minimum absolute atomic E-state index is 0.270. The molecule has 1 fully saturated rings. The van der Waals surface area contributed by atoms with Gasteiger partial charge in [-0.3, -0.25) is 9.80 Å². The molecule has 0 spiro atoms. The Hall–Kier alpha value is 0.650. The first-order chi connectivity index (χ1) is 7.12. The zero-order valence-electron chi connectivity index (χ0n) is 11.7. The van der Waals surface area contributed by atoms with E-state index in [4.69, 9.17) is 0 Å². The maximum Gasteiger partial charge on any atom is 0.0673 e. The molecule has 16 heavy (non-hydrogen) atoms. The zero-order chi connectivity index (χ0) is 12.6. The van der Waals surface area contributed by atoms with Crippen molar-refractivity contribution in [1.29, 1.82) is 0 Å². The van der Waals surface area contributed by atoms with Crippen LogP contribution in [0.1, 0.15) is 47.5 Å². The fourth-order valence-corrected chi connectivity index (χ4v) is 2.75. The van der Waals surface area contributed by atoms with Gasteiger partial charge >= 0.3 is 0 Å². The van der Waals surface area contributed by atoms with Gasteiger partial charge in [-0.15, -0.1) is 0 Å². The monoisotopic (exact) mass is 338 g/mol. The summed E-state index contributed by atoms with van der Waals surface area (Å²) < 4.78 is 0.270. The van der Waals surface area contributed by atoms with Gasteiger partial charge < -0.3 is 0 Å². The van der Waals surface area contributed by atoms with Crippen LogP contribution in [0, 0.1) is 0 Å². The lowest BCUT2D eigenvalue weighted by atomic mass is 9.97. The number of hydrogen-bond acceptors (Lipinski definition) is 2. The van der Waals surface area contributed by atoms with Crippen LogP contribution in [-0.4, -0.2) is 45.1 Å². The van der Waals surface area contributed by atoms with Gasteiger partial charge in [0, 0.05) is 24.7 Å². The number of halogens is 1. The molecule has 0 aromatic carbocycles. The molecule has 0 bridgehead atoms. The fourth-order valence-electron chi connectivity index (χ4n) is 2.36. The van der Waals surface area contributed by atoms with Crippen molar-refractivity contribution in [1.82, 2.24) is 9.80 Å². The molecule has 2 nitrogen and oxygen atoms in total. The van der Waals surface area contributed by atoms with Gasteiger partial charge in [-0.25, -0.2) is 0 Å². The van der Waals surface area contributed by atoms with Gasteiger partial charge in [0.25, 0.3) is 0 Å². The van der Waals surface area contributed by atoms with E-state index in [1.54, 1.807) is 0 Å². The molecule has 1 heterocycles. The molecule has 3 heteroatoms. The smallest absolute Gasteiger partial charge is 0.0673 e. The molecule has 0 aromatic rings. The lowest BCUT2D eigenvalue weighted by Gasteiger charge is -2.45. The summed E-state index contributed by atoms with van der Waals surface area (Å²) in [5.74, 6) is 0. The van der Waals surface area contributed by atoms with Crippen molar-refractivity contribution in [2.45, 2.75) is 62.6 Å². The van der Waals surface area contributed by atoms with Crippen LogP contribution in [-0.2, 0) is 0 Å². The second kappa shape index (κ2) is 5.11. The van der Waals surface area contributed by atoms with Crippen molar-refractivity contribution in [3.63, 3.8) is 0 Å². The van der Waals surface area contributed by atoms with Gasteiger partial charge in [0.05, 0.1) is 3.55 Å². The Labute approximate surface area is 115 Å². The Morgan fingerprint density at radius 3 is 1.81 bits per heavy atom. The van der Waals surface area contributed by atoms with Crippen LogP contribution in [0.3, 0.4) is 0 Å². The second-order valence-electron chi connectivity index (χ2n) is 6.41. The molecule has 0 aliphatic carbocycles. The molecule has 0 N–H and O–H groups in total. The quantitative estimate of drug-likeness (QED) is 0.433. The van der Waals surface area contributed by atoms with E-state index in [2.05, 4.69) is 74.1 Å². The number of likely N-dealkylation sites (tertiary alicyclic amines) is 1. The van der Waals surface area contributed by atoms with Crippen molar-refractivity contribution >= 4 is 22.6 Å². The maximum atomic E-state index is 2.61. The van der Waals surface area contributed by atoms with E-state index in [0.29, 0.717) is 5.54 Å². The summed E-state index contributed by atoms with van der Waals surface area (Å²) in [5, 5.41) is 0. The third kappa shape index (κ3) is 3.84. The highest BCUT2D eigenvalue weighted by molar-refractivity contribution is 14.1. The highest BCUT2D eigenvalue weighted by Gasteiger charge is 2.32. The number of hydrogen-bond donors (Lipinski definition) is 0. The first kappa shape index (κ1) is 14.7. The van der Waals surface area contributed by atoms with Crippen molar-refractivity contribution in [2.75, 3.05) is 20.1 Å². The SMILES string of the molecule is CN(C1CCN(C(C)(C)C)CC1)C(C)(C)I. The fraction of sp³-hybridized carbons (Fsp3) is 1.00. The van der Waals surface area contributed by atoms with Gasteiger partial charge in [0.15, 0.2) is 0 Å². The van der Waals surface area contributed by atoms with Gasteiger partial charge in [0.2, 0.25) is 0 Å². The van der Waals surface area contributed by atoms with E-state index in [1.807, 2.05) is 0 Å². The van der Waals surface area contributed by atoms with Crippen molar-refractivity contribution in [3.8, 4) is 0 Å². The molecule has 96 valence electrons. The van der Waals surface area contributed by atoms with E-state index < -0.39 is 0 Å². The van der Waals surface area contributed by atoms with Crippen LogP contribution >= 0.6 is 22.6 Å². The minimum Gasteiger partial charge on any atom is -0.298 e. The Bertz CT molecular complexity index is 219. The predicted octanol–water partition coefficient (Wildman–Crippen LogP) is 3.35. The van der Waals surface area contributed by atoms with Crippen LogP contribution in [0.2, 0.25) is 0 Å². The molecular formula is C13H27IN2. The van der Waals surface area contributed by atoms with E-state index in [9.17, 15) is 0 Å². The minimum atomic E-state index is 0.270. The number of piperidine rings is 1.